The number of nitrogens with one attached hydrogen (secondary N) is 1. The lowest BCUT2D eigenvalue weighted by atomic mass is 9.97. The van der Waals surface area contributed by atoms with Crippen molar-refractivity contribution >= 4 is 28.4 Å². The molecule has 2 aromatic rings. The molecule has 0 saturated heterocycles. The average molecular weight is 285 g/mol. The van der Waals surface area contributed by atoms with E-state index in [9.17, 15) is 0 Å². The van der Waals surface area contributed by atoms with Crippen LogP contribution >= 0.6 is 0 Å². The summed E-state index contributed by atoms with van der Waals surface area (Å²) in [5.74, 6) is 1.07. The molecule has 5 nitrogen and oxygen atoms in total. The van der Waals surface area contributed by atoms with Gasteiger partial charge in [0, 0.05) is 11.7 Å². The second-order valence-corrected chi connectivity index (χ2v) is 5.86. The number of anilines is 3. The Bertz CT molecular complexity index is 617. The first-order valence-corrected chi connectivity index (χ1v) is 7.82. The number of nitrogens with zero attached hydrogens (tertiary/aromatic N) is 2. The Morgan fingerprint density at radius 3 is 2.43 bits per heavy atom. The maximum Gasteiger partial charge on any atom is 0.225 e. The summed E-state index contributed by atoms with van der Waals surface area (Å²) in [6.45, 7) is 0. The standard InChI is InChI=1S/C16H23N5/c17-12-9-6-10-13-14(12)15(18)21-16(20-13)19-11-7-4-2-1-3-5-8-11/h6,9-11H,1-5,7-8,17H2,(H3,18,19,20,21). The van der Waals surface area contributed by atoms with Crippen molar-refractivity contribution in [2.24, 2.45) is 0 Å². The van der Waals surface area contributed by atoms with Gasteiger partial charge in [-0.25, -0.2) is 4.98 Å². The smallest absolute Gasteiger partial charge is 0.225 e. The third kappa shape index (κ3) is 3.17. The van der Waals surface area contributed by atoms with Crippen LogP contribution in [-0.4, -0.2) is 16.0 Å². The minimum absolute atomic E-state index is 0.447. The van der Waals surface area contributed by atoms with E-state index in [0.29, 0.717) is 23.5 Å². The molecule has 1 fully saturated rings. The van der Waals surface area contributed by atoms with Crippen LogP contribution in [0.15, 0.2) is 18.2 Å². The molecule has 0 radical (unpaired) electrons. The topological polar surface area (TPSA) is 89.8 Å². The van der Waals surface area contributed by atoms with E-state index in [-0.39, 0.29) is 0 Å². The SMILES string of the molecule is Nc1cccc2nc(NC3CCCCCCC3)nc(N)c12. The predicted molar refractivity (Wildman–Crippen MR) is 88.1 cm³/mol. The molecule has 0 spiro atoms. The van der Waals surface area contributed by atoms with E-state index in [1.54, 1.807) is 0 Å². The van der Waals surface area contributed by atoms with Crippen LogP contribution in [0.1, 0.15) is 44.9 Å². The van der Waals surface area contributed by atoms with E-state index in [4.69, 9.17) is 11.5 Å². The van der Waals surface area contributed by atoms with E-state index in [0.717, 1.165) is 10.9 Å². The van der Waals surface area contributed by atoms with Crippen molar-refractivity contribution in [1.29, 1.82) is 0 Å². The highest BCUT2D eigenvalue weighted by atomic mass is 15.1. The normalized spacial score (nSPS) is 17.3. The fourth-order valence-electron chi connectivity index (χ4n) is 3.09. The fourth-order valence-corrected chi connectivity index (χ4v) is 3.09. The number of hydrogen-bond acceptors (Lipinski definition) is 5. The molecule has 1 aliphatic rings. The Balaban J connectivity index is 1.83. The number of nitrogen functional groups attached to an aromatic ring is 2. The van der Waals surface area contributed by atoms with Gasteiger partial charge >= 0.3 is 0 Å². The highest BCUT2D eigenvalue weighted by Crippen LogP contribution is 2.26. The summed E-state index contributed by atoms with van der Waals surface area (Å²) in [5.41, 5.74) is 13.4. The zero-order valence-corrected chi connectivity index (χ0v) is 12.3. The summed E-state index contributed by atoms with van der Waals surface area (Å²) in [6, 6.07) is 6.09. The minimum Gasteiger partial charge on any atom is -0.398 e. The van der Waals surface area contributed by atoms with Gasteiger partial charge in [0.15, 0.2) is 0 Å². The molecule has 3 rings (SSSR count). The molecular weight excluding hydrogens is 262 g/mol. The van der Waals surface area contributed by atoms with Gasteiger partial charge in [-0.1, -0.05) is 38.2 Å². The number of rotatable bonds is 2. The molecule has 1 aromatic carbocycles. The first-order valence-electron chi connectivity index (χ1n) is 7.82. The Morgan fingerprint density at radius 2 is 1.67 bits per heavy atom. The summed E-state index contributed by atoms with van der Waals surface area (Å²) in [4.78, 5) is 8.95. The number of nitrogens with two attached hydrogens (primary N) is 2. The molecule has 112 valence electrons. The highest BCUT2D eigenvalue weighted by Gasteiger charge is 2.14. The second kappa shape index (κ2) is 6.16. The molecule has 0 unspecified atom stereocenters. The van der Waals surface area contributed by atoms with Gasteiger partial charge in [-0.2, -0.15) is 4.98 Å². The molecule has 1 saturated carbocycles. The number of hydrogen-bond donors (Lipinski definition) is 3. The van der Waals surface area contributed by atoms with Crippen molar-refractivity contribution in [2.45, 2.75) is 51.0 Å². The molecule has 1 aromatic heterocycles. The van der Waals surface area contributed by atoms with E-state index < -0.39 is 0 Å². The molecule has 0 aliphatic heterocycles. The average Bonchev–Trinajstić information content (AvgIpc) is 2.41. The Labute approximate surface area is 125 Å². The van der Waals surface area contributed by atoms with Gasteiger partial charge in [0.25, 0.3) is 0 Å². The van der Waals surface area contributed by atoms with Gasteiger partial charge < -0.3 is 16.8 Å². The number of fused-ring (bicyclic) bond motifs is 1. The van der Waals surface area contributed by atoms with Crippen molar-refractivity contribution < 1.29 is 0 Å². The first kappa shape index (κ1) is 13.9. The van der Waals surface area contributed by atoms with Crippen molar-refractivity contribution in [3.05, 3.63) is 18.2 Å². The summed E-state index contributed by atoms with van der Waals surface area (Å²) in [7, 11) is 0. The van der Waals surface area contributed by atoms with Crippen molar-refractivity contribution in [2.75, 3.05) is 16.8 Å². The highest BCUT2D eigenvalue weighted by molar-refractivity contribution is 5.98. The van der Waals surface area contributed by atoms with Crippen LogP contribution in [-0.2, 0) is 0 Å². The van der Waals surface area contributed by atoms with Crippen LogP contribution < -0.4 is 16.8 Å². The zero-order chi connectivity index (χ0) is 14.7. The van der Waals surface area contributed by atoms with Crippen molar-refractivity contribution in [3.8, 4) is 0 Å². The Hall–Kier alpha value is -2.04. The van der Waals surface area contributed by atoms with E-state index in [2.05, 4.69) is 15.3 Å². The van der Waals surface area contributed by atoms with Crippen molar-refractivity contribution in [3.63, 3.8) is 0 Å². The van der Waals surface area contributed by atoms with Crippen LogP contribution in [0.2, 0.25) is 0 Å². The molecule has 5 N–H and O–H groups in total. The van der Waals surface area contributed by atoms with Crippen LogP contribution in [0, 0.1) is 0 Å². The lowest BCUT2D eigenvalue weighted by molar-refractivity contribution is 0.470. The fraction of sp³-hybridized carbons (Fsp3) is 0.500. The van der Waals surface area contributed by atoms with Crippen LogP contribution in [0.25, 0.3) is 10.9 Å². The lowest BCUT2D eigenvalue weighted by Crippen LogP contribution is -2.22. The summed E-state index contributed by atoms with van der Waals surface area (Å²) < 4.78 is 0. The second-order valence-electron chi connectivity index (χ2n) is 5.86. The van der Waals surface area contributed by atoms with Gasteiger partial charge in [-0.3, -0.25) is 0 Å². The third-order valence-corrected chi connectivity index (χ3v) is 4.22. The maximum atomic E-state index is 6.05. The first-order chi connectivity index (χ1) is 10.2. The Morgan fingerprint density at radius 1 is 0.952 bits per heavy atom. The van der Waals surface area contributed by atoms with Crippen LogP contribution in [0.3, 0.4) is 0 Å². The van der Waals surface area contributed by atoms with Gasteiger partial charge in [-0.15, -0.1) is 0 Å². The molecule has 0 amide bonds. The number of aromatic nitrogens is 2. The van der Waals surface area contributed by atoms with Crippen LogP contribution in [0.4, 0.5) is 17.5 Å². The molecule has 1 aliphatic carbocycles. The van der Waals surface area contributed by atoms with Gasteiger partial charge in [0.2, 0.25) is 5.95 Å². The predicted octanol–water partition coefficient (Wildman–Crippen LogP) is 3.32. The quantitative estimate of drug-likeness (QED) is 0.736. The molecule has 1 heterocycles. The summed E-state index contributed by atoms with van der Waals surface area (Å²) in [5, 5.41) is 4.21. The van der Waals surface area contributed by atoms with E-state index >= 15 is 0 Å². The molecular formula is C16H23N5. The summed E-state index contributed by atoms with van der Waals surface area (Å²) >= 11 is 0. The lowest BCUT2D eigenvalue weighted by Gasteiger charge is -2.21. The van der Waals surface area contributed by atoms with E-state index in [1.165, 1.54) is 44.9 Å². The van der Waals surface area contributed by atoms with Gasteiger partial charge in [0.1, 0.15) is 5.82 Å². The Kier molecular flexibility index (Phi) is 4.08. The number of benzene rings is 1. The van der Waals surface area contributed by atoms with Crippen LogP contribution in [0.5, 0.6) is 0 Å². The third-order valence-electron chi connectivity index (χ3n) is 4.22. The van der Waals surface area contributed by atoms with Crippen molar-refractivity contribution in [1.82, 2.24) is 9.97 Å². The zero-order valence-electron chi connectivity index (χ0n) is 12.3. The van der Waals surface area contributed by atoms with Gasteiger partial charge in [-0.05, 0) is 25.0 Å². The molecule has 21 heavy (non-hydrogen) atoms. The molecule has 5 heteroatoms. The van der Waals surface area contributed by atoms with E-state index in [1.807, 2.05) is 18.2 Å². The monoisotopic (exact) mass is 285 g/mol. The molecule has 0 bridgehead atoms. The largest absolute Gasteiger partial charge is 0.398 e. The van der Waals surface area contributed by atoms with Gasteiger partial charge in [0.05, 0.1) is 10.9 Å². The summed E-state index contributed by atoms with van der Waals surface area (Å²) in [6.07, 6.45) is 8.92. The minimum atomic E-state index is 0.447. The maximum absolute atomic E-state index is 6.05. The molecule has 0 atom stereocenters.